The number of carbonyl (C=O) groups excluding carboxylic acids is 2. The fourth-order valence-corrected chi connectivity index (χ4v) is 5.88. The van der Waals surface area contributed by atoms with E-state index in [4.69, 9.17) is 0 Å². The van der Waals surface area contributed by atoms with Gasteiger partial charge in [-0.3, -0.25) is 9.59 Å². The predicted octanol–water partition coefficient (Wildman–Crippen LogP) is 3.48. The number of rotatable bonds is 6. The Balaban J connectivity index is 1.37. The Morgan fingerprint density at radius 3 is 2.38 bits per heavy atom. The van der Waals surface area contributed by atoms with Crippen LogP contribution in [0.25, 0.3) is 0 Å². The fraction of sp³-hybridized carbons (Fsp3) is 0.417. The minimum Gasteiger partial charge on any atom is -0.338 e. The molecule has 170 valence electrons. The summed E-state index contributed by atoms with van der Waals surface area (Å²) >= 11 is 0. The van der Waals surface area contributed by atoms with Crippen molar-refractivity contribution in [3.63, 3.8) is 0 Å². The van der Waals surface area contributed by atoms with Crippen LogP contribution >= 0.6 is 0 Å². The molecule has 1 atom stereocenters. The van der Waals surface area contributed by atoms with Crippen molar-refractivity contribution in [2.75, 3.05) is 25.0 Å². The van der Waals surface area contributed by atoms with Crippen LogP contribution in [0.4, 0.5) is 5.69 Å². The Bertz CT molecular complexity index is 1080. The van der Waals surface area contributed by atoms with Crippen LogP contribution < -0.4 is 5.32 Å². The van der Waals surface area contributed by atoms with E-state index in [1.807, 2.05) is 17.0 Å². The maximum absolute atomic E-state index is 12.9. The van der Waals surface area contributed by atoms with Crippen molar-refractivity contribution in [1.82, 2.24) is 9.21 Å². The number of piperidine rings is 1. The normalized spacial score (nSPS) is 19.8. The molecule has 1 N–H and O–H groups in total. The Labute approximate surface area is 189 Å². The molecule has 32 heavy (non-hydrogen) atoms. The van der Waals surface area contributed by atoms with Gasteiger partial charge in [0.05, 0.1) is 4.90 Å². The van der Waals surface area contributed by atoms with E-state index < -0.39 is 10.0 Å². The van der Waals surface area contributed by atoms with Crippen molar-refractivity contribution in [3.05, 3.63) is 59.7 Å². The van der Waals surface area contributed by atoms with E-state index >= 15 is 0 Å². The molecule has 2 aliphatic heterocycles. The molecule has 0 aromatic heterocycles. The minimum absolute atomic E-state index is 0.173. The molecule has 0 radical (unpaired) electrons. The number of hydrogen-bond acceptors (Lipinski definition) is 4. The number of carbonyl (C=O) groups is 2. The van der Waals surface area contributed by atoms with Gasteiger partial charge < -0.3 is 10.2 Å². The molecule has 2 aliphatic rings. The first-order valence-corrected chi connectivity index (χ1v) is 12.6. The minimum atomic E-state index is -3.52. The summed E-state index contributed by atoms with van der Waals surface area (Å²) in [6.07, 6.45) is 3.43. The number of nitrogens with one attached hydrogen (secondary N) is 1. The SMILES string of the molecule is CC1CCCN(S(=O)(=O)c2ccc(NC(=O)c3ccc(CN4CCCC4=O)cc3)cc2)C1. The van der Waals surface area contributed by atoms with Crippen molar-refractivity contribution < 1.29 is 18.0 Å². The Morgan fingerprint density at radius 2 is 1.75 bits per heavy atom. The van der Waals surface area contributed by atoms with Crippen LogP contribution in [0.15, 0.2) is 53.4 Å². The first kappa shape index (κ1) is 22.5. The van der Waals surface area contributed by atoms with Gasteiger partial charge >= 0.3 is 0 Å². The van der Waals surface area contributed by atoms with Crippen LogP contribution in [-0.4, -0.2) is 49.1 Å². The average Bonchev–Trinajstić information content (AvgIpc) is 3.19. The molecule has 0 saturated carbocycles. The maximum Gasteiger partial charge on any atom is 0.255 e. The largest absolute Gasteiger partial charge is 0.338 e. The summed E-state index contributed by atoms with van der Waals surface area (Å²) in [6.45, 7) is 4.50. The van der Waals surface area contributed by atoms with Crippen LogP contribution in [0.3, 0.4) is 0 Å². The third-order valence-electron chi connectivity index (χ3n) is 6.13. The van der Waals surface area contributed by atoms with Gasteiger partial charge in [0.1, 0.15) is 0 Å². The molecular formula is C24H29N3O4S. The number of benzene rings is 2. The van der Waals surface area contributed by atoms with Crippen molar-refractivity contribution in [1.29, 1.82) is 0 Å². The molecule has 2 saturated heterocycles. The highest BCUT2D eigenvalue weighted by atomic mass is 32.2. The highest BCUT2D eigenvalue weighted by Crippen LogP contribution is 2.24. The molecule has 2 aromatic rings. The second kappa shape index (κ2) is 9.42. The van der Waals surface area contributed by atoms with Crippen LogP contribution in [0.5, 0.6) is 0 Å². The second-order valence-corrected chi connectivity index (χ2v) is 10.6. The van der Waals surface area contributed by atoms with Gasteiger partial charge in [-0.1, -0.05) is 19.1 Å². The van der Waals surface area contributed by atoms with E-state index in [2.05, 4.69) is 12.2 Å². The molecule has 0 bridgehead atoms. The molecule has 0 aliphatic carbocycles. The number of hydrogen-bond donors (Lipinski definition) is 1. The van der Waals surface area contributed by atoms with Gasteiger partial charge in [-0.25, -0.2) is 8.42 Å². The molecule has 2 amide bonds. The van der Waals surface area contributed by atoms with Crippen LogP contribution in [-0.2, 0) is 21.4 Å². The third-order valence-corrected chi connectivity index (χ3v) is 8.01. The number of likely N-dealkylation sites (tertiary alicyclic amines) is 1. The first-order chi connectivity index (χ1) is 15.3. The lowest BCUT2D eigenvalue weighted by molar-refractivity contribution is -0.128. The predicted molar refractivity (Wildman–Crippen MR) is 123 cm³/mol. The van der Waals surface area contributed by atoms with Crippen LogP contribution in [0.2, 0.25) is 0 Å². The summed E-state index contributed by atoms with van der Waals surface area (Å²) in [6, 6.07) is 13.5. The molecule has 2 fully saturated rings. The topological polar surface area (TPSA) is 86.8 Å². The van der Waals surface area contributed by atoms with Crippen LogP contribution in [0, 0.1) is 5.92 Å². The first-order valence-electron chi connectivity index (χ1n) is 11.1. The zero-order chi connectivity index (χ0) is 22.7. The van der Waals surface area contributed by atoms with E-state index in [1.165, 1.54) is 0 Å². The monoisotopic (exact) mass is 455 g/mol. The number of nitrogens with zero attached hydrogens (tertiary/aromatic N) is 2. The summed E-state index contributed by atoms with van der Waals surface area (Å²) in [5, 5.41) is 2.81. The third kappa shape index (κ3) is 5.02. The molecule has 2 heterocycles. The lowest BCUT2D eigenvalue weighted by Crippen LogP contribution is -2.39. The van der Waals surface area contributed by atoms with Gasteiger partial charge in [0.15, 0.2) is 0 Å². The van der Waals surface area contributed by atoms with Crippen molar-refractivity contribution in [2.24, 2.45) is 5.92 Å². The zero-order valence-corrected chi connectivity index (χ0v) is 19.1. The molecule has 0 spiro atoms. The summed E-state index contributed by atoms with van der Waals surface area (Å²) in [4.78, 5) is 26.4. The van der Waals surface area contributed by atoms with Crippen LogP contribution in [0.1, 0.15) is 48.5 Å². The van der Waals surface area contributed by atoms with E-state index in [0.717, 1.165) is 31.4 Å². The number of amides is 2. The van der Waals surface area contributed by atoms with Gasteiger partial charge in [-0.15, -0.1) is 0 Å². The Hall–Kier alpha value is -2.71. The van der Waals surface area contributed by atoms with Crippen molar-refractivity contribution >= 4 is 27.5 Å². The maximum atomic E-state index is 12.9. The average molecular weight is 456 g/mol. The standard InChI is InChI=1S/C24H29N3O4S/c1-18-4-2-15-27(16-18)32(30,31)22-12-10-21(11-13-22)25-24(29)20-8-6-19(7-9-20)17-26-14-3-5-23(26)28/h6-13,18H,2-5,14-17H2,1H3,(H,25,29). The van der Waals surface area contributed by atoms with E-state index in [-0.39, 0.29) is 16.7 Å². The van der Waals surface area contributed by atoms with Gasteiger partial charge in [0, 0.05) is 43.9 Å². The molecule has 4 rings (SSSR count). The smallest absolute Gasteiger partial charge is 0.255 e. The summed E-state index contributed by atoms with van der Waals surface area (Å²) in [7, 11) is -3.52. The zero-order valence-electron chi connectivity index (χ0n) is 18.3. The van der Waals surface area contributed by atoms with Crippen molar-refractivity contribution in [3.8, 4) is 0 Å². The van der Waals surface area contributed by atoms with E-state index in [0.29, 0.717) is 43.2 Å². The highest BCUT2D eigenvalue weighted by Gasteiger charge is 2.28. The van der Waals surface area contributed by atoms with Crippen molar-refractivity contribution in [2.45, 2.75) is 44.0 Å². The molecule has 7 nitrogen and oxygen atoms in total. The van der Waals surface area contributed by atoms with Gasteiger partial charge in [-0.05, 0) is 67.1 Å². The fourth-order valence-electron chi connectivity index (χ4n) is 4.28. The summed E-state index contributed by atoms with van der Waals surface area (Å²) in [5.74, 6) is 0.264. The number of sulfonamides is 1. The quantitative estimate of drug-likeness (QED) is 0.723. The Morgan fingerprint density at radius 1 is 1.03 bits per heavy atom. The lowest BCUT2D eigenvalue weighted by Gasteiger charge is -2.30. The molecule has 2 aromatic carbocycles. The van der Waals surface area contributed by atoms with Gasteiger partial charge in [-0.2, -0.15) is 4.31 Å². The Kier molecular flexibility index (Phi) is 6.62. The van der Waals surface area contributed by atoms with E-state index in [9.17, 15) is 18.0 Å². The summed E-state index contributed by atoms with van der Waals surface area (Å²) < 4.78 is 27.3. The van der Waals surface area contributed by atoms with E-state index in [1.54, 1.807) is 40.7 Å². The second-order valence-electron chi connectivity index (χ2n) is 8.70. The summed E-state index contributed by atoms with van der Waals surface area (Å²) in [5.41, 5.74) is 2.02. The van der Waals surface area contributed by atoms with Gasteiger partial charge in [0.25, 0.3) is 5.91 Å². The number of anilines is 1. The molecule has 1 unspecified atom stereocenters. The lowest BCUT2D eigenvalue weighted by atomic mass is 10.0. The van der Waals surface area contributed by atoms with Gasteiger partial charge in [0.2, 0.25) is 15.9 Å². The molecule has 8 heteroatoms. The highest BCUT2D eigenvalue weighted by molar-refractivity contribution is 7.89. The molecular weight excluding hydrogens is 426 g/mol.